The topological polar surface area (TPSA) is 37.3 Å². The summed E-state index contributed by atoms with van der Waals surface area (Å²) < 4.78 is 14.7. The maximum absolute atomic E-state index is 13.4. The number of carboxylic acids is 1. The van der Waals surface area contributed by atoms with Gasteiger partial charge in [-0.15, -0.1) is 11.3 Å². The van der Waals surface area contributed by atoms with Crippen molar-refractivity contribution < 1.29 is 14.3 Å². The van der Waals surface area contributed by atoms with E-state index in [0.29, 0.717) is 13.7 Å². The first kappa shape index (κ1) is 9.85. The zero-order valence-corrected chi connectivity index (χ0v) is 9.73. The highest BCUT2D eigenvalue weighted by Gasteiger charge is 2.15. The number of rotatable bonds is 1. The van der Waals surface area contributed by atoms with Crippen molar-refractivity contribution in [3.05, 3.63) is 32.5 Å². The third-order valence-corrected chi connectivity index (χ3v) is 4.28. The van der Waals surface area contributed by atoms with E-state index in [0.717, 1.165) is 6.07 Å². The maximum atomic E-state index is 13.4. The molecule has 0 saturated carbocycles. The maximum Gasteiger partial charge on any atom is 0.336 e. The molecule has 2 rings (SSSR count). The summed E-state index contributed by atoms with van der Waals surface area (Å²) in [4.78, 5) is 10.8. The minimum absolute atomic E-state index is 0.0260. The molecule has 0 fully saturated rings. The molecular weight excluding hydrogens is 318 g/mol. The van der Waals surface area contributed by atoms with Crippen LogP contribution in [0.1, 0.15) is 10.4 Å². The minimum Gasteiger partial charge on any atom is -0.478 e. The molecule has 1 heterocycles. The van der Waals surface area contributed by atoms with E-state index in [9.17, 15) is 9.18 Å². The fourth-order valence-electron chi connectivity index (χ4n) is 1.21. The molecule has 72 valence electrons. The Hall–Kier alpha value is -0.690. The first-order chi connectivity index (χ1) is 6.61. The third-order valence-electron chi connectivity index (χ3n) is 1.86. The van der Waals surface area contributed by atoms with Gasteiger partial charge in [0.1, 0.15) is 5.82 Å². The first-order valence-corrected chi connectivity index (χ1v) is 5.65. The molecule has 0 aliphatic heterocycles. The molecule has 0 aliphatic carbocycles. The van der Waals surface area contributed by atoms with Crippen LogP contribution in [0.3, 0.4) is 0 Å². The van der Waals surface area contributed by atoms with Crippen molar-refractivity contribution in [3.8, 4) is 0 Å². The number of fused-ring (bicyclic) bond motifs is 1. The number of carboxylic acid groups (broad SMARTS) is 1. The lowest BCUT2D eigenvalue weighted by atomic mass is 10.2. The Morgan fingerprint density at radius 2 is 2.29 bits per heavy atom. The van der Waals surface area contributed by atoms with E-state index in [1.807, 2.05) is 22.6 Å². The Labute approximate surface area is 96.5 Å². The summed E-state index contributed by atoms with van der Waals surface area (Å²) in [5, 5.41) is 11.1. The average Bonchev–Trinajstić information content (AvgIpc) is 2.59. The lowest BCUT2D eigenvalue weighted by molar-refractivity contribution is 0.0695. The van der Waals surface area contributed by atoms with E-state index in [2.05, 4.69) is 0 Å². The van der Waals surface area contributed by atoms with Crippen molar-refractivity contribution in [2.75, 3.05) is 0 Å². The van der Waals surface area contributed by atoms with Gasteiger partial charge in [-0.25, -0.2) is 9.18 Å². The Morgan fingerprint density at radius 3 is 2.93 bits per heavy atom. The second kappa shape index (κ2) is 3.47. The lowest BCUT2D eigenvalue weighted by Crippen LogP contribution is -2.00. The van der Waals surface area contributed by atoms with Crippen molar-refractivity contribution in [1.29, 1.82) is 0 Å². The number of halogens is 2. The molecule has 0 atom stereocenters. The molecule has 14 heavy (non-hydrogen) atoms. The molecule has 0 radical (unpaired) electrons. The van der Waals surface area contributed by atoms with Gasteiger partial charge >= 0.3 is 5.97 Å². The highest BCUT2D eigenvalue weighted by molar-refractivity contribution is 14.1. The molecule has 1 aromatic carbocycles. The molecule has 0 spiro atoms. The summed E-state index contributed by atoms with van der Waals surface area (Å²) >= 11 is 3.28. The van der Waals surface area contributed by atoms with Crippen LogP contribution in [0, 0.1) is 9.39 Å². The molecule has 2 aromatic rings. The highest BCUT2D eigenvalue weighted by Crippen LogP contribution is 2.31. The Morgan fingerprint density at radius 1 is 1.57 bits per heavy atom. The minimum atomic E-state index is -1.09. The van der Waals surface area contributed by atoms with Gasteiger partial charge < -0.3 is 5.11 Å². The van der Waals surface area contributed by atoms with E-state index in [-0.39, 0.29) is 5.56 Å². The average molecular weight is 322 g/mol. The fourth-order valence-corrected chi connectivity index (χ4v) is 3.12. The van der Waals surface area contributed by atoms with Crippen LogP contribution in [0.2, 0.25) is 0 Å². The van der Waals surface area contributed by atoms with Gasteiger partial charge in [0.05, 0.1) is 10.3 Å². The number of carbonyl (C=O) groups is 1. The van der Waals surface area contributed by atoms with Crippen LogP contribution < -0.4 is 0 Å². The van der Waals surface area contributed by atoms with Gasteiger partial charge in [0.25, 0.3) is 0 Å². The monoisotopic (exact) mass is 322 g/mol. The van der Waals surface area contributed by atoms with Crippen LogP contribution in [0.5, 0.6) is 0 Å². The zero-order valence-electron chi connectivity index (χ0n) is 6.75. The summed E-state index contributed by atoms with van der Waals surface area (Å²) in [7, 11) is 0. The quantitative estimate of drug-likeness (QED) is 0.818. The van der Waals surface area contributed by atoms with E-state index in [1.54, 1.807) is 11.4 Å². The summed E-state index contributed by atoms with van der Waals surface area (Å²) in [5.74, 6) is -1.57. The second-order valence-electron chi connectivity index (χ2n) is 2.69. The number of benzene rings is 1. The van der Waals surface area contributed by atoms with E-state index >= 15 is 0 Å². The van der Waals surface area contributed by atoms with Crippen molar-refractivity contribution >= 4 is 50.0 Å². The van der Waals surface area contributed by atoms with E-state index in [1.165, 1.54) is 11.3 Å². The van der Waals surface area contributed by atoms with Crippen molar-refractivity contribution in [2.45, 2.75) is 0 Å². The number of hydrogen-bond acceptors (Lipinski definition) is 2. The van der Waals surface area contributed by atoms with Gasteiger partial charge in [0.2, 0.25) is 0 Å². The molecular formula is C9H4FIO2S. The number of aromatic carboxylic acids is 1. The van der Waals surface area contributed by atoms with Crippen LogP contribution in [-0.4, -0.2) is 11.1 Å². The zero-order chi connectivity index (χ0) is 10.3. The predicted octanol–water partition coefficient (Wildman–Crippen LogP) is 3.34. The molecule has 0 amide bonds. The first-order valence-electron chi connectivity index (χ1n) is 3.69. The number of hydrogen-bond donors (Lipinski definition) is 1. The smallest absolute Gasteiger partial charge is 0.336 e. The van der Waals surface area contributed by atoms with Gasteiger partial charge in [-0.3, -0.25) is 0 Å². The Kier molecular flexibility index (Phi) is 2.44. The summed E-state index contributed by atoms with van der Waals surface area (Å²) in [5.41, 5.74) is 0.0260. The van der Waals surface area contributed by atoms with Gasteiger partial charge in [0, 0.05) is 8.96 Å². The predicted molar refractivity (Wildman–Crippen MR) is 61.5 cm³/mol. The summed E-state index contributed by atoms with van der Waals surface area (Å²) in [6.07, 6.45) is 0. The van der Waals surface area contributed by atoms with Crippen LogP contribution in [0.15, 0.2) is 17.5 Å². The molecule has 0 unspecified atom stereocenters. The van der Waals surface area contributed by atoms with Crippen molar-refractivity contribution in [1.82, 2.24) is 0 Å². The standard InChI is InChI=1S/C9H4FIO2S/c10-6-3-5(9(12)13)7(11)8-4(6)1-2-14-8/h1-3H,(H,12,13). The SMILES string of the molecule is O=C(O)c1cc(F)c2ccsc2c1I. The summed E-state index contributed by atoms with van der Waals surface area (Å²) in [6, 6.07) is 2.72. The largest absolute Gasteiger partial charge is 0.478 e. The Balaban J connectivity index is 2.88. The molecule has 1 N–H and O–H groups in total. The Bertz CT molecular complexity index is 521. The lowest BCUT2D eigenvalue weighted by Gasteiger charge is -2.01. The molecule has 2 nitrogen and oxygen atoms in total. The van der Waals surface area contributed by atoms with Crippen molar-refractivity contribution in [3.63, 3.8) is 0 Å². The van der Waals surface area contributed by atoms with Gasteiger partial charge in [0.15, 0.2) is 0 Å². The third kappa shape index (κ3) is 1.40. The van der Waals surface area contributed by atoms with Crippen LogP contribution in [0.25, 0.3) is 10.1 Å². The molecule has 0 saturated heterocycles. The molecule has 0 aliphatic rings. The fraction of sp³-hybridized carbons (Fsp3) is 0. The van der Waals surface area contributed by atoms with Gasteiger partial charge in [-0.2, -0.15) is 0 Å². The van der Waals surface area contributed by atoms with Crippen LogP contribution in [0.4, 0.5) is 4.39 Å². The summed E-state index contributed by atoms with van der Waals surface area (Å²) in [6.45, 7) is 0. The molecule has 0 bridgehead atoms. The molecule has 1 aromatic heterocycles. The number of thiophene rings is 1. The molecule has 5 heteroatoms. The van der Waals surface area contributed by atoms with E-state index in [4.69, 9.17) is 5.11 Å². The van der Waals surface area contributed by atoms with E-state index < -0.39 is 11.8 Å². The van der Waals surface area contributed by atoms with Gasteiger partial charge in [-0.1, -0.05) is 0 Å². The highest BCUT2D eigenvalue weighted by atomic mass is 127. The normalized spacial score (nSPS) is 10.7. The van der Waals surface area contributed by atoms with Gasteiger partial charge in [-0.05, 0) is 40.1 Å². The second-order valence-corrected chi connectivity index (χ2v) is 4.68. The van der Waals surface area contributed by atoms with Crippen LogP contribution in [-0.2, 0) is 0 Å². The van der Waals surface area contributed by atoms with Crippen molar-refractivity contribution in [2.24, 2.45) is 0 Å². The van der Waals surface area contributed by atoms with Crippen LogP contribution >= 0.6 is 33.9 Å².